The second kappa shape index (κ2) is 12.7. The molecule has 0 unspecified atom stereocenters. The molecule has 1 aliphatic carbocycles. The van der Waals surface area contributed by atoms with Crippen LogP contribution in [0.3, 0.4) is 0 Å². The number of unbranched alkanes of at least 4 members (excludes halogenated alkanes) is 1. The Kier molecular flexibility index (Phi) is 9.15. The lowest BCUT2D eigenvalue weighted by molar-refractivity contribution is 0.0972. The predicted molar refractivity (Wildman–Crippen MR) is 134 cm³/mol. The number of likely N-dealkylation sites (tertiary alicyclic amines) is 1. The van der Waals surface area contributed by atoms with Gasteiger partial charge in [0.05, 0.1) is 17.9 Å². The number of ether oxygens (including phenoxy) is 2. The third-order valence-corrected chi connectivity index (χ3v) is 7.00. The first-order chi connectivity index (χ1) is 16.7. The average molecular weight is 463 g/mol. The lowest BCUT2D eigenvalue weighted by Gasteiger charge is -2.31. The van der Waals surface area contributed by atoms with E-state index < -0.39 is 0 Å². The summed E-state index contributed by atoms with van der Waals surface area (Å²) in [5, 5.41) is 17.8. The molecule has 6 nitrogen and oxygen atoms in total. The predicted octanol–water partition coefficient (Wildman–Crippen LogP) is 5.95. The highest BCUT2D eigenvalue weighted by molar-refractivity contribution is 5.67. The van der Waals surface area contributed by atoms with Crippen molar-refractivity contribution in [2.24, 2.45) is 0 Å². The van der Waals surface area contributed by atoms with Crippen LogP contribution in [0, 0.1) is 11.3 Å². The van der Waals surface area contributed by atoms with E-state index in [0.29, 0.717) is 18.4 Å². The van der Waals surface area contributed by atoms with E-state index in [1.54, 1.807) is 0 Å². The van der Waals surface area contributed by atoms with Gasteiger partial charge in [-0.15, -0.1) is 5.10 Å². The van der Waals surface area contributed by atoms with E-state index in [1.165, 1.54) is 19.3 Å². The Morgan fingerprint density at radius 1 is 0.971 bits per heavy atom. The van der Waals surface area contributed by atoms with Crippen LogP contribution >= 0.6 is 0 Å². The van der Waals surface area contributed by atoms with Crippen LogP contribution in [0.5, 0.6) is 11.6 Å². The molecule has 6 heteroatoms. The fraction of sp³-hybridized carbons (Fsp3) is 0.607. The molecule has 1 aromatic carbocycles. The number of aryl methyl sites for hydroxylation is 1. The van der Waals surface area contributed by atoms with Crippen molar-refractivity contribution in [2.45, 2.75) is 89.8 Å². The Labute approximate surface area is 204 Å². The highest BCUT2D eigenvalue weighted by Crippen LogP contribution is 2.30. The fourth-order valence-corrected chi connectivity index (χ4v) is 4.95. The minimum Gasteiger partial charge on any atom is -0.490 e. The van der Waals surface area contributed by atoms with Crippen molar-refractivity contribution in [3.63, 3.8) is 0 Å². The number of hydrogen-bond acceptors (Lipinski definition) is 6. The van der Waals surface area contributed by atoms with E-state index in [0.717, 1.165) is 87.2 Å². The average Bonchev–Trinajstić information content (AvgIpc) is 2.88. The van der Waals surface area contributed by atoms with Gasteiger partial charge >= 0.3 is 0 Å². The van der Waals surface area contributed by atoms with Crippen molar-refractivity contribution in [3.8, 4) is 28.8 Å². The highest BCUT2D eigenvalue weighted by atomic mass is 16.5. The Morgan fingerprint density at radius 3 is 2.41 bits per heavy atom. The van der Waals surface area contributed by atoms with Gasteiger partial charge < -0.3 is 14.4 Å². The van der Waals surface area contributed by atoms with Gasteiger partial charge in [-0.05, 0) is 69.1 Å². The maximum atomic E-state index is 8.81. The zero-order chi connectivity index (χ0) is 23.6. The molecule has 0 N–H and O–H groups in total. The SMILES string of the molecule is CCCCc1nnc(OC2CCN(CCC#N)CC2)cc1-c1ccc(OC2CCCCC2)cc1. The van der Waals surface area contributed by atoms with Crippen molar-refractivity contribution < 1.29 is 9.47 Å². The molecule has 0 spiro atoms. The molecule has 1 aromatic heterocycles. The minimum atomic E-state index is 0.147. The molecule has 182 valence electrons. The number of hydrogen-bond donors (Lipinski definition) is 0. The zero-order valence-electron chi connectivity index (χ0n) is 20.5. The van der Waals surface area contributed by atoms with Gasteiger partial charge in [-0.25, -0.2) is 0 Å². The van der Waals surface area contributed by atoms with Gasteiger partial charge in [0.25, 0.3) is 0 Å². The summed E-state index contributed by atoms with van der Waals surface area (Å²) in [4.78, 5) is 2.34. The summed E-state index contributed by atoms with van der Waals surface area (Å²) in [6, 6.07) is 12.8. The van der Waals surface area contributed by atoms with Crippen LogP contribution in [-0.2, 0) is 6.42 Å². The van der Waals surface area contributed by atoms with Crippen molar-refractivity contribution in [2.75, 3.05) is 19.6 Å². The maximum absolute atomic E-state index is 8.81. The van der Waals surface area contributed by atoms with Crippen LogP contribution in [0.4, 0.5) is 0 Å². The second-order valence-electron chi connectivity index (χ2n) is 9.62. The van der Waals surface area contributed by atoms with Gasteiger partial charge in [0.15, 0.2) is 0 Å². The molecule has 1 saturated carbocycles. The molecule has 1 aliphatic heterocycles. The molecule has 0 bridgehead atoms. The molecule has 1 saturated heterocycles. The topological polar surface area (TPSA) is 71.3 Å². The summed E-state index contributed by atoms with van der Waals surface area (Å²) in [5.41, 5.74) is 3.27. The van der Waals surface area contributed by atoms with Crippen molar-refractivity contribution >= 4 is 0 Å². The van der Waals surface area contributed by atoms with E-state index in [4.69, 9.17) is 14.7 Å². The van der Waals surface area contributed by atoms with Crippen LogP contribution in [0.15, 0.2) is 30.3 Å². The smallest absolute Gasteiger partial charge is 0.234 e. The van der Waals surface area contributed by atoms with Gasteiger partial charge in [-0.3, -0.25) is 0 Å². The van der Waals surface area contributed by atoms with Gasteiger partial charge in [0.2, 0.25) is 5.88 Å². The quantitative estimate of drug-likeness (QED) is 0.434. The van der Waals surface area contributed by atoms with Crippen molar-refractivity contribution in [1.82, 2.24) is 15.1 Å². The summed E-state index contributed by atoms with van der Waals surface area (Å²) in [5.74, 6) is 1.56. The van der Waals surface area contributed by atoms with E-state index in [2.05, 4.69) is 58.4 Å². The standard InChI is InChI=1S/C28H38N4O2/c1-2-3-10-27-26(22-11-13-24(14-12-22)33-23-8-5-4-6-9-23)21-28(31-30-27)34-25-15-19-32(20-16-25)18-7-17-29/h11-14,21,23,25H,2-10,15-16,18-20H2,1H3. The van der Waals surface area contributed by atoms with Crippen LogP contribution in [0.1, 0.15) is 76.8 Å². The minimum absolute atomic E-state index is 0.147. The molecular formula is C28H38N4O2. The van der Waals surface area contributed by atoms with Crippen LogP contribution in [-0.4, -0.2) is 46.9 Å². The first-order valence-electron chi connectivity index (χ1n) is 13.1. The first-order valence-corrected chi connectivity index (χ1v) is 13.1. The molecule has 2 fully saturated rings. The molecule has 2 heterocycles. The number of piperidine rings is 1. The maximum Gasteiger partial charge on any atom is 0.234 e. The van der Waals surface area contributed by atoms with Gasteiger partial charge in [0.1, 0.15) is 11.9 Å². The monoisotopic (exact) mass is 462 g/mol. The number of nitrogens with zero attached hydrogens (tertiary/aromatic N) is 4. The molecule has 0 amide bonds. The Balaban J connectivity index is 1.43. The zero-order valence-corrected chi connectivity index (χ0v) is 20.5. The summed E-state index contributed by atoms with van der Waals surface area (Å²) >= 11 is 0. The highest BCUT2D eigenvalue weighted by Gasteiger charge is 2.22. The summed E-state index contributed by atoms with van der Waals surface area (Å²) in [7, 11) is 0. The molecule has 2 aliphatic rings. The molecule has 0 atom stereocenters. The van der Waals surface area contributed by atoms with Crippen LogP contribution in [0.2, 0.25) is 0 Å². The van der Waals surface area contributed by atoms with Gasteiger partial charge in [-0.2, -0.15) is 10.4 Å². The molecule has 2 aromatic rings. The second-order valence-corrected chi connectivity index (χ2v) is 9.62. The van der Waals surface area contributed by atoms with Gasteiger partial charge in [0, 0.05) is 37.7 Å². The first kappa shape index (κ1) is 24.5. The molecular weight excluding hydrogens is 424 g/mol. The summed E-state index contributed by atoms with van der Waals surface area (Å²) in [6.07, 6.45) is 12.3. The van der Waals surface area contributed by atoms with Crippen LogP contribution < -0.4 is 9.47 Å². The fourth-order valence-electron chi connectivity index (χ4n) is 4.95. The van der Waals surface area contributed by atoms with Crippen molar-refractivity contribution in [1.29, 1.82) is 5.26 Å². The number of aromatic nitrogens is 2. The Hall–Kier alpha value is -2.65. The lowest BCUT2D eigenvalue weighted by atomic mass is 9.97. The lowest BCUT2D eigenvalue weighted by Crippen LogP contribution is -2.38. The van der Waals surface area contributed by atoms with E-state index in [-0.39, 0.29) is 6.10 Å². The summed E-state index contributed by atoms with van der Waals surface area (Å²) in [6.45, 7) is 4.97. The third kappa shape index (κ3) is 6.93. The largest absolute Gasteiger partial charge is 0.490 e. The molecule has 0 radical (unpaired) electrons. The number of nitriles is 1. The van der Waals surface area contributed by atoms with E-state index in [1.807, 2.05) is 0 Å². The molecule has 34 heavy (non-hydrogen) atoms. The Morgan fingerprint density at radius 2 is 1.71 bits per heavy atom. The summed E-state index contributed by atoms with van der Waals surface area (Å²) < 4.78 is 12.5. The normalized spacial score (nSPS) is 17.9. The Bertz CT molecular complexity index is 926. The van der Waals surface area contributed by atoms with E-state index >= 15 is 0 Å². The number of benzene rings is 1. The number of rotatable bonds is 10. The van der Waals surface area contributed by atoms with E-state index in [9.17, 15) is 0 Å². The van der Waals surface area contributed by atoms with Crippen molar-refractivity contribution in [3.05, 3.63) is 36.0 Å². The van der Waals surface area contributed by atoms with Gasteiger partial charge in [-0.1, -0.05) is 31.9 Å². The third-order valence-electron chi connectivity index (χ3n) is 7.00. The van der Waals surface area contributed by atoms with Crippen LogP contribution in [0.25, 0.3) is 11.1 Å². The molecule has 4 rings (SSSR count).